The van der Waals surface area contributed by atoms with E-state index in [-0.39, 0.29) is 18.3 Å². The molecule has 11 heteroatoms. The number of aromatic nitrogens is 3. The van der Waals surface area contributed by atoms with E-state index in [0.29, 0.717) is 50.0 Å². The average Bonchev–Trinajstić information content (AvgIpc) is 3.52. The van der Waals surface area contributed by atoms with Gasteiger partial charge in [-0.2, -0.15) is 0 Å². The van der Waals surface area contributed by atoms with Crippen LogP contribution in [0.1, 0.15) is 17.3 Å². The summed E-state index contributed by atoms with van der Waals surface area (Å²) in [4.78, 5) is 25.8. The Balaban J connectivity index is 1.55. The van der Waals surface area contributed by atoms with E-state index >= 15 is 0 Å². The lowest BCUT2D eigenvalue weighted by Crippen LogP contribution is -2.17. The Bertz CT molecular complexity index is 1450. The van der Waals surface area contributed by atoms with Gasteiger partial charge in [-0.25, -0.2) is 4.79 Å². The van der Waals surface area contributed by atoms with E-state index in [4.69, 9.17) is 21.1 Å². The molecule has 0 saturated heterocycles. The topological polar surface area (TPSA) is 95.3 Å². The summed E-state index contributed by atoms with van der Waals surface area (Å²) in [5, 5.41) is 14.8. The molecule has 0 spiro atoms. The number of nitrogens with one attached hydrogen (secondary N) is 1. The number of halogens is 1. The number of carbonyl (C=O) groups is 2. The first-order valence-corrected chi connectivity index (χ1v) is 13.9. The highest BCUT2D eigenvalue weighted by Crippen LogP contribution is 2.37. The van der Waals surface area contributed by atoms with E-state index in [0.717, 1.165) is 5.56 Å². The van der Waals surface area contributed by atoms with Crippen LogP contribution in [0, 0.1) is 0 Å². The molecule has 0 fully saturated rings. The number of rotatable bonds is 11. The van der Waals surface area contributed by atoms with Crippen molar-refractivity contribution in [2.75, 3.05) is 24.8 Å². The molecule has 0 saturated carbocycles. The second-order valence-electron chi connectivity index (χ2n) is 7.83. The molecule has 4 rings (SSSR count). The molecule has 8 nitrogen and oxygen atoms in total. The SMILES string of the molecule is C=CCn1c(SCC(=O)Nc2scc(-c3ccccc3)c2C(=O)OCC)nnc1-c1cc(Cl)ccc1OC. The van der Waals surface area contributed by atoms with Gasteiger partial charge in [0.1, 0.15) is 16.3 Å². The van der Waals surface area contributed by atoms with E-state index in [1.807, 2.05) is 40.3 Å². The third kappa shape index (κ3) is 6.09. The number of hydrogen-bond acceptors (Lipinski definition) is 8. The standard InChI is InChI=1S/C27H25ClN4O4S2/c1-4-13-32-24(19-14-18(28)11-12-21(19)35-3)30-31-27(32)38-16-22(33)29-25-23(26(34)36-5-2)20(15-37-25)17-9-7-6-8-10-17/h4,6-12,14-15H,1,5,13,16H2,2-3H3,(H,29,33). The van der Waals surface area contributed by atoms with Gasteiger partial charge in [0, 0.05) is 22.5 Å². The van der Waals surface area contributed by atoms with Gasteiger partial charge < -0.3 is 14.8 Å². The van der Waals surface area contributed by atoms with Crippen molar-refractivity contribution in [1.29, 1.82) is 0 Å². The summed E-state index contributed by atoms with van der Waals surface area (Å²) in [6.45, 7) is 6.21. The molecule has 0 unspecified atom stereocenters. The fourth-order valence-corrected chi connectivity index (χ4v) is 5.62. The molecule has 0 atom stereocenters. The Morgan fingerprint density at radius 3 is 2.68 bits per heavy atom. The number of hydrogen-bond donors (Lipinski definition) is 1. The monoisotopic (exact) mass is 568 g/mol. The highest BCUT2D eigenvalue weighted by molar-refractivity contribution is 7.99. The first kappa shape index (κ1) is 27.4. The lowest BCUT2D eigenvalue weighted by Gasteiger charge is -2.11. The number of nitrogens with zero attached hydrogens (tertiary/aromatic N) is 3. The van der Waals surface area contributed by atoms with Crippen LogP contribution in [0.15, 0.2) is 71.7 Å². The minimum absolute atomic E-state index is 0.0444. The number of thioether (sulfide) groups is 1. The fraction of sp³-hybridized carbons (Fsp3) is 0.185. The maximum Gasteiger partial charge on any atom is 0.341 e. The zero-order valence-corrected chi connectivity index (χ0v) is 23.2. The second kappa shape index (κ2) is 12.8. The zero-order chi connectivity index (χ0) is 27.1. The number of amides is 1. The van der Waals surface area contributed by atoms with Gasteiger partial charge in [-0.3, -0.25) is 9.36 Å². The molecule has 1 amide bonds. The summed E-state index contributed by atoms with van der Waals surface area (Å²) in [5.41, 5.74) is 2.59. The lowest BCUT2D eigenvalue weighted by molar-refractivity contribution is -0.113. The van der Waals surface area contributed by atoms with Crippen LogP contribution in [0.25, 0.3) is 22.5 Å². The summed E-state index contributed by atoms with van der Waals surface area (Å²) in [5.74, 6) is 0.406. The molecule has 1 N–H and O–H groups in total. The molecular formula is C27H25ClN4O4S2. The van der Waals surface area contributed by atoms with Crippen molar-refractivity contribution in [1.82, 2.24) is 14.8 Å². The Labute approximate surface area is 233 Å². The van der Waals surface area contributed by atoms with Crippen LogP contribution in [0.5, 0.6) is 5.75 Å². The molecule has 0 radical (unpaired) electrons. The molecule has 2 aromatic carbocycles. The van der Waals surface area contributed by atoms with Crippen LogP contribution in [0.2, 0.25) is 5.02 Å². The van der Waals surface area contributed by atoms with Crippen LogP contribution in [0.4, 0.5) is 5.00 Å². The highest BCUT2D eigenvalue weighted by atomic mass is 35.5. The number of ether oxygens (including phenoxy) is 2. The van der Waals surface area contributed by atoms with Crippen molar-refractivity contribution in [3.63, 3.8) is 0 Å². The molecule has 0 aliphatic heterocycles. The maximum absolute atomic E-state index is 13.0. The van der Waals surface area contributed by atoms with Crippen LogP contribution in [-0.2, 0) is 16.1 Å². The second-order valence-corrected chi connectivity index (χ2v) is 10.1. The average molecular weight is 569 g/mol. The van der Waals surface area contributed by atoms with Gasteiger partial charge in [0.25, 0.3) is 0 Å². The van der Waals surface area contributed by atoms with Crippen LogP contribution in [-0.4, -0.2) is 46.1 Å². The molecule has 196 valence electrons. The minimum atomic E-state index is -0.485. The molecule has 0 aliphatic carbocycles. The molecule has 2 heterocycles. The number of esters is 1. The molecule has 38 heavy (non-hydrogen) atoms. The first-order chi connectivity index (χ1) is 18.5. The van der Waals surface area contributed by atoms with Gasteiger partial charge in [0.05, 0.1) is 25.0 Å². The number of allylic oxidation sites excluding steroid dienone is 1. The highest BCUT2D eigenvalue weighted by Gasteiger charge is 2.23. The first-order valence-electron chi connectivity index (χ1n) is 11.6. The third-order valence-electron chi connectivity index (χ3n) is 5.37. The Morgan fingerprint density at radius 1 is 1.18 bits per heavy atom. The zero-order valence-electron chi connectivity index (χ0n) is 20.8. The fourth-order valence-electron chi connectivity index (χ4n) is 3.72. The number of methoxy groups -OCH3 is 1. The predicted molar refractivity (Wildman–Crippen MR) is 152 cm³/mol. The van der Waals surface area contributed by atoms with Gasteiger partial charge in [-0.05, 0) is 30.7 Å². The molecule has 0 bridgehead atoms. The van der Waals surface area contributed by atoms with Crippen LogP contribution < -0.4 is 10.1 Å². The predicted octanol–water partition coefficient (Wildman–Crippen LogP) is 6.43. The summed E-state index contributed by atoms with van der Waals surface area (Å²) in [7, 11) is 1.57. The van der Waals surface area contributed by atoms with Crippen molar-refractivity contribution in [2.45, 2.75) is 18.6 Å². The van der Waals surface area contributed by atoms with Crippen molar-refractivity contribution >= 4 is 51.6 Å². The van der Waals surface area contributed by atoms with E-state index in [1.165, 1.54) is 23.1 Å². The largest absolute Gasteiger partial charge is 0.496 e. The Hall–Kier alpha value is -3.60. The molecule has 0 aliphatic rings. The van der Waals surface area contributed by atoms with E-state index < -0.39 is 5.97 Å². The van der Waals surface area contributed by atoms with Crippen LogP contribution >= 0.6 is 34.7 Å². The van der Waals surface area contributed by atoms with E-state index in [9.17, 15) is 9.59 Å². The van der Waals surface area contributed by atoms with Gasteiger partial charge in [0.2, 0.25) is 5.91 Å². The molecule has 2 aromatic heterocycles. The van der Waals surface area contributed by atoms with Gasteiger partial charge in [0.15, 0.2) is 11.0 Å². The lowest BCUT2D eigenvalue weighted by atomic mass is 10.0. The van der Waals surface area contributed by atoms with Gasteiger partial charge >= 0.3 is 5.97 Å². The maximum atomic E-state index is 13.0. The summed E-state index contributed by atoms with van der Waals surface area (Å²) in [6.07, 6.45) is 1.72. The van der Waals surface area contributed by atoms with Crippen molar-refractivity contribution < 1.29 is 19.1 Å². The number of carbonyl (C=O) groups excluding carboxylic acids is 2. The number of anilines is 1. The van der Waals surface area contributed by atoms with Gasteiger partial charge in [-0.15, -0.1) is 28.1 Å². The number of thiophene rings is 1. The van der Waals surface area contributed by atoms with Crippen LogP contribution in [0.3, 0.4) is 0 Å². The van der Waals surface area contributed by atoms with Crippen molar-refractivity contribution in [3.8, 4) is 28.3 Å². The summed E-state index contributed by atoms with van der Waals surface area (Å²) in [6, 6.07) is 14.7. The summed E-state index contributed by atoms with van der Waals surface area (Å²) >= 11 is 8.71. The van der Waals surface area contributed by atoms with E-state index in [2.05, 4.69) is 22.1 Å². The van der Waals surface area contributed by atoms with Gasteiger partial charge in [-0.1, -0.05) is 59.8 Å². The van der Waals surface area contributed by atoms with Crippen molar-refractivity contribution in [2.24, 2.45) is 0 Å². The molecular weight excluding hydrogens is 544 g/mol. The minimum Gasteiger partial charge on any atom is -0.496 e. The third-order valence-corrected chi connectivity index (χ3v) is 7.47. The number of benzene rings is 2. The summed E-state index contributed by atoms with van der Waals surface area (Å²) < 4.78 is 12.6. The van der Waals surface area contributed by atoms with Crippen molar-refractivity contribution in [3.05, 3.63) is 77.2 Å². The van der Waals surface area contributed by atoms with E-state index in [1.54, 1.807) is 38.3 Å². The normalized spacial score (nSPS) is 10.7. The Morgan fingerprint density at radius 2 is 1.97 bits per heavy atom. The molecule has 4 aromatic rings. The smallest absolute Gasteiger partial charge is 0.341 e. The Kier molecular flexibility index (Phi) is 9.22. The quantitative estimate of drug-likeness (QED) is 0.126.